The van der Waals surface area contributed by atoms with Crippen molar-refractivity contribution in [2.75, 3.05) is 0 Å². The van der Waals surface area contributed by atoms with Crippen LogP contribution in [0.4, 0.5) is 0 Å². The average molecular weight is 249 g/mol. The Kier molecular flexibility index (Phi) is 3.60. The summed E-state index contributed by atoms with van der Waals surface area (Å²) in [6.07, 6.45) is 0. The Labute approximate surface area is 91.7 Å². The lowest BCUT2D eigenvalue weighted by Crippen LogP contribution is -2.37. The van der Waals surface area contributed by atoms with Crippen LogP contribution in [0.15, 0.2) is 4.52 Å². The molecule has 0 bridgehead atoms. The van der Waals surface area contributed by atoms with E-state index in [-0.39, 0.29) is 12.4 Å². The number of sulfonamides is 1. The minimum Gasteiger partial charge on any atom is -0.480 e. The number of carboxylic acids is 1. The van der Waals surface area contributed by atoms with Crippen LogP contribution in [0.25, 0.3) is 0 Å². The lowest BCUT2D eigenvalue weighted by atomic mass is 10.5. The molecule has 0 fully saturated rings. The van der Waals surface area contributed by atoms with E-state index in [1.165, 1.54) is 0 Å². The molecule has 2 N–H and O–H groups in total. The van der Waals surface area contributed by atoms with Gasteiger partial charge in [-0.05, 0) is 13.8 Å². The number of nitrogens with zero attached hydrogens (tertiary/aromatic N) is 2. The second kappa shape index (κ2) is 4.58. The van der Waals surface area contributed by atoms with Gasteiger partial charge < -0.3 is 9.63 Å². The summed E-state index contributed by atoms with van der Waals surface area (Å²) in [5.41, 5.74) is 0. The van der Waals surface area contributed by atoms with E-state index in [0.29, 0.717) is 5.82 Å². The highest BCUT2D eigenvalue weighted by Crippen LogP contribution is 2.01. The van der Waals surface area contributed by atoms with Gasteiger partial charge in [-0.15, -0.1) is 0 Å². The molecule has 0 spiro atoms. The topological polar surface area (TPSA) is 122 Å². The zero-order valence-corrected chi connectivity index (χ0v) is 9.48. The fourth-order valence-corrected chi connectivity index (χ4v) is 1.67. The van der Waals surface area contributed by atoms with Crippen molar-refractivity contribution < 1.29 is 22.8 Å². The van der Waals surface area contributed by atoms with Crippen LogP contribution < -0.4 is 4.72 Å². The van der Waals surface area contributed by atoms with Crippen LogP contribution in [0.5, 0.6) is 0 Å². The first-order valence-corrected chi connectivity index (χ1v) is 5.88. The van der Waals surface area contributed by atoms with Gasteiger partial charge in [0.15, 0.2) is 11.1 Å². The van der Waals surface area contributed by atoms with Crippen molar-refractivity contribution in [3.63, 3.8) is 0 Å². The Hall–Kier alpha value is -1.48. The summed E-state index contributed by atoms with van der Waals surface area (Å²) in [4.78, 5) is 14.3. The van der Waals surface area contributed by atoms with Gasteiger partial charge in [-0.3, -0.25) is 4.79 Å². The number of carboxylic acid groups (broad SMARTS) is 1. The standard InChI is InChI=1S/C7H11N3O5S/c1-4(7(11)12)16(13,14)8-3-6-9-5(2)10-15-6/h4,8H,3H2,1-2H3,(H,11,12). The second-order valence-corrected chi connectivity index (χ2v) is 5.17. The highest BCUT2D eigenvalue weighted by Gasteiger charge is 2.27. The van der Waals surface area contributed by atoms with Crippen molar-refractivity contribution in [3.05, 3.63) is 11.7 Å². The molecule has 0 aromatic carbocycles. The predicted octanol–water partition coefficient (Wildman–Crippen LogP) is -0.729. The van der Waals surface area contributed by atoms with Gasteiger partial charge >= 0.3 is 5.97 Å². The number of aryl methyl sites for hydroxylation is 1. The third kappa shape index (κ3) is 3.00. The largest absolute Gasteiger partial charge is 0.480 e. The molecule has 0 amide bonds. The van der Waals surface area contributed by atoms with Gasteiger partial charge in [-0.1, -0.05) is 5.16 Å². The van der Waals surface area contributed by atoms with Crippen molar-refractivity contribution in [1.29, 1.82) is 0 Å². The molecule has 1 heterocycles. The van der Waals surface area contributed by atoms with Crippen molar-refractivity contribution in [2.45, 2.75) is 25.6 Å². The van der Waals surface area contributed by atoms with Gasteiger partial charge in [-0.25, -0.2) is 13.1 Å². The summed E-state index contributed by atoms with van der Waals surface area (Å²) in [5, 5.41) is 10.5. The zero-order chi connectivity index (χ0) is 12.3. The lowest BCUT2D eigenvalue weighted by Gasteiger charge is -2.07. The zero-order valence-electron chi connectivity index (χ0n) is 8.67. The van der Waals surface area contributed by atoms with Crippen LogP contribution >= 0.6 is 0 Å². The Morgan fingerprint density at radius 3 is 2.69 bits per heavy atom. The molecule has 1 aromatic rings. The average Bonchev–Trinajstić information content (AvgIpc) is 2.60. The molecule has 0 saturated carbocycles. The molecule has 1 aromatic heterocycles. The van der Waals surface area contributed by atoms with Gasteiger partial charge in [0.1, 0.15) is 0 Å². The molecule has 0 aliphatic rings. The van der Waals surface area contributed by atoms with Gasteiger partial charge in [0.25, 0.3) is 0 Å². The number of hydrogen-bond acceptors (Lipinski definition) is 6. The minimum absolute atomic E-state index is 0.0821. The van der Waals surface area contributed by atoms with Gasteiger partial charge in [0.05, 0.1) is 6.54 Å². The van der Waals surface area contributed by atoms with Crippen LogP contribution in [0.1, 0.15) is 18.6 Å². The molecule has 16 heavy (non-hydrogen) atoms. The van der Waals surface area contributed by atoms with E-state index in [1.54, 1.807) is 6.92 Å². The Bertz CT molecular complexity index is 480. The fourth-order valence-electron chi connectivity index (χ4n) is 0.832. The molecular weight excluding hydrogens is 238 g/mol. The van der Waals surface area contributed by atoms with Gasteiger partial charge in [0, 0.05) is 0 Å². The summed E-state index contributed by atoms with van der Waals surface area (Å²) in [5.74, 6) is -0.964. The summed E-state index contributed by atoms with van der Waals surface area (Å²) >= 11 is 0. The SMILES string of the molecule is Cc1noc(CNS(=O)(=O)C(C)C(=O)O)n1. The molecule has 0 aliphatic carbocycles. The summed E-state index contributed by atoms with van der Waals surface area (Å²) in [6.45, 7) is 2.44. The number of carbonyl (C=O) groups is 1. The van der Waals surface area contributed by atoms with Crippen molar-refractivity contribution in [1.82, 2.24) is 14.9 Å². The Morgan fingerprint density at radius 2 is 2.25 bits per heavy atom. The third-order valence-corrected chi connectivity index (χ3v) is 3.49. The van der Waals surface area contributed by atoms with Crippen LogP contribution in [0, 0.1) is 6.92 Å². The molecule has 1 unspecified atom stereocenters. The molecular formula is C7H11N3O5S. The number of hydrogen-bond donors (Lipinski definition) is 2. The molecule has 9 heteroatoms. The molecule has 8 nitrogen and oxygen atoms in total. The fraction of sp³-hybridized carbons (Fsp3) is 0.571. The van der Waals surface area contributed by atoms with Crippen molar-refractivity contribution in [2.24, 2.45) is 0 Å². The van der Waals surface area contributed by atoms with E-state index >= 15 is 0 Å². The Morgan fingerprint density at radius 1 is 1.62 bits per heavy atom. The van der Waals surface area contributed by atoms with E-state index in [0.717, 1.165) is 6.92 Å². The molecule has 0 saturated heterocycles. The minimum atomic E-state index is -3.93. The molecule has 1 atom stereocenters. The van der Waals surface area contributed by atoms with E-state index in [9.17, 15) is 13.2 Å². The van der Waals surface area contributed by atoms with E-state index in [4.69, 9.17) is 5.11 Å². The highest BCUT2D eigenvalue weighted by molar-refractivity contribution is 7.90. The highest BCUT2D eigenvalue weighted by atomic mass is 32.2. The van der Waals surface area contributed by atoms with Gasteiger partial charge in [-0.2, -0.15) is 4.98 Å². The van der Waals surface area contributed by atoms with E-state index in [2.05, 4.69) is 19.4 Å². The molecule has 0 aliphatic heterocycles. The third-order valence-electron chi connectivity index (χ3n) is 1.81. The van der Waals surface area contributed by atoms with E-state index < -0.39 is 21.2 Å². The first-order valence-electron chi connectivity index (χ1n) is 4.33. The van der Waals surface area contributed by atoms with Crippen LogP contribution in [-0.4, -0.2) is 34.9 Å². The number of aliphatic carboxylic acids is 1. The smallest absolute Gasteiger partial charge is 0.323 e. The van der Waals surface area contributed by atoms with Crippen LogP contribution in [0.3, 0.4) is 0 Å². The number of nitrogens with one attached hydrogen (secondary N) is 1. The normalized spacial score (nSPS) is 13.6. The maximum Gasteiger partial charge on any atom is 0.323 e. The first-order chi connectivity index (χ1) is 7.33. The summed E-state index contributed by atoms with van der Waals surface area (Å²) < 4.78 is 29.5. The van der Waals surface area contributed by atoms with Crippen molar-refractivity contribution >= 4 is 16.0 Å². The quantitative estimate of drug-likeness (QED) is 0.705. The second-order valence-electron chi connectivity index (χ2n) is 3.08. The van der Waals surface area contributed by atoms with Gasteiger partial charge in [0.2, 0.25) is 15.9 Å². The maximum absolute atomic E-state index is 11.4. The number of aromatic nitrogens is 2. The number of rotatable bonds is 5. The maximum atomic E-state index is 11.4. The molecule has 0 radical (unpaired) electrons. The van der Waals surface area contributed by atoms with E-state index in [1.807, 2.05) is 0 Å². The van der Waals surface area contributed by atoms with Crippen LogP contribution in [-0.2, 0) is 21.4 Å². The summed E-state index contributed by atoms with van der Waals surface area (Å²) in [7, 11) is -3.93. The molecule has 90 valence electrons. The lowest BCUT2D eigenvalue weighted by molar-refractivity contribution is -0.136. The van der Waals surface area contributed by atoms with Crippen LogP contribution in [0.2, 0.25) is 0 Å². The Balaban J connectivity index is 2.65. The molecule has 1 rings (SSSR count). The predicted molar refractivity (Wildman–Crippen MR) is 51.9 cm³/mol. The monoisotopic (exact) mass is 249 g/mol. The first kappa shape index (κ1) is 12.6. The van der Waals surface area contributed by atoms with Crippen molar-refractivity contribution in [3.8, 4) is 0 Å². The summed E-state index contributed by atoms with van der Waals surface area (Å²) in [6, 6.07) is 0.